The smallest absolute Gasteiger partial charge is 0.160 e. The molecule has 0 bridgehead atoms. The number of thiophene rings is 1. The minimum absolute atomic E-state index is 0.695. The van der Waals surface area contributed by atoms with E-state index in [-0.39, 0.29) is 0 Å². The molecule has 4 aromatic heterocycles. The largest absolute Gasteiger partial charge is 0.309 e. The zero-order valence-electron chi connectivity index (χ0n) is 34.5. The van der Waals surface area contributed by atoms with E-state index >= 15 is 0 Å². The lowest BCUT2D eigenvalue weighted by atomic mass is 9.96. The summed E-state index contributed by atoms with van der Waals surface area (Å²) in [5, 5.41) is 8.62. The molecular formula is C59H36N4S. The van der Waals surface area contributed by atoms with Gasteiger partial charge in [-0.05, 0) is 70.4 Å². The Morgan fingerprint density at radius 3 is 1.69 bits per heavy atom. The molecule has 64 heavy (non-hydrogen) atoms. The van der Waals surface area contributed by atoms with Gasteiger partial charge in [-0.3, -0.25) is 0 Å². The van der Waals surface area contributed by atoms with Crippen molar-refractivity contribution in [3.8, 4) is 62.0 Å². The van der Waals surface area contributed by atoms with Crippen LogP contribution in [-0.4, -0.2) is 19.5 Å². The fourth-order valence-electron chi connectivity index (χ4n) is 9.55. The van der Waals surface area contributed by atoms with Gasteiger partial charge in [0, 0.05) is 59.6 Å². The molecule has 13 rings (SSSR count). The van der Waals surface area contributed by atoms with Crippen LogP contribution in [0.3, 0.4) is 0 Å². The maximum absolute atomic E-state index is 5.41. The lowest BCUT2D eigenvalue weighted by Crippen LogP contribution is -1.97. The fraction of sp³-hybridized carbons (Fsp3) is 0. The van der Waals surface area contributed by atoms with Crippen molar-refractivity contribution in [1.82, 2.24) is 19.5 Å². The molecule has 4 nitrogen and oxygen atoms in total. The third kappa shape index (κ3) is 5.93. The van der Waals surface area contributed by atoms with Crippen LogP contribution in [0, 0.1) is 0 Å². The van der Waals surface area contributed by atoms with Crippen LogP contribution in [0.15, 0.2) is 218 Å². The Kier molecular flexibility index (Phi) is 8.36. The molecular weight excluding hydrogens is 797 g/mol. The second-order valence-electron chi connectivity index (χ2n) is 16.3. The average molecular weight is 833 g/mol. The minimum Gasteiger partial charge on any atom is -0.309 e. The van der Waals surface area contributed by atoms with Crippen LogP contribution in [0.4, 0.5) is 0 Å². The average Bonchev–Trinajstić information content (AvgIpc) is 3.93. The number of hydrogen-bond acceptors (Lipinski definition) is 4. The molecule has 0 unspecified atom stereocenters. The topological polar surface area (TPSA) is 43.6 Å². The van der Waals surface area contributed by atoms with E-state index in [2.05, 4.69) is 205 Å². The van der Waals surface area contributed by atoms with Crippen LogP contribution in [0.5, 0.6) is 0 Å². The van der Waals surface area contributed by atoms with E-state index in [0.717, 1.165) is 67.1 Å². The fourth-order valence-corrected chi connectivity index (χ4v) is 10.8. The SMILES string of the molecule is c1ccc(-c2nc(-c3ccc(-c4ccc5nc(-c6cccc7ccccc67)c6sc7ccccc7c6c5c4)cc3)cc(-c3ccc(-n4c5ccccc5c5ccccc54)cc3)n2)cc1. The molecule has 0 aliphatic heterocycles. The highest BCUT2D eigenvalue weighted by molar-refractivity contribution is 7.26. The highest BCUT2D eigenvalue weighted by atomic mass is 32.1. The Hall–Kier alpha value is -8.25. The number of para-hydroxylation sites is 2. The Balaban J connectivity index is 0.894. The van der Waals surface area contributed by atoms with Crippen LogP contribution in [0.25, 0.3) is 126 Å². The van der Waals surface area contributed by atoms with E-state index in [4.69, 9.17) is 15.0 Å². The first kappa shape index (κ1) is 36.4. The first-order valence-corrected chi connectivity index (χ1v) is 22.4. The maximum Gasteiger partial charge on any atom is 0.160 e. The van der Waals surface area contributed by atoms with E-state index < -0.39 is 0 Å². The number of hydrogen-bond donors (Lipinski definition) is 0. The van der Waals surface area contributed by atoms with Gasteiger partial charge < -0.3 is 4.57 Å². The van der Waals surface area contributed by atoms with Gasteiger partial charge in [0.2, 0.25) is 0 Å². The van der Waals surface area contributed by atoms with Gasteiger partial charge in [-0.2, -0.15) is 0 Å². The number of pyridine rings is 1. The van der Waals surface area contributed by atoms with Gasteiger partial charge in [0.05, 0.1) is 38.3 Å². The van der Waals surface area contributed by atoms with E-state index in [1.165, 1.54) is 52.8 Å². The Morgan fingerprint density at radius 1 is 0.375 bits per heavy atom. The second-order valence-corrected chi connectivity index (χ2v) is 17.4. The van der Waals surface area contributed by atoms with Crippen LogP contribution in [0.1, 0.15) is 0 Å². The molecule has 9 aromatic carbocycles. The van der Waals surface area contributed by atoms with Crippen LogP contribution in [0.2, 0.25) is 0 Å². The van der Waals surface area contributed by atoms with E-state index in [1.54, 1.807) is 0 Å². The molecule has 0 fully saturated rings. The Morgan fingerprint density at radius 2 is 0.953 bits per heavy atom. The van der Waals surface area contributed by atoms with Gasteiger partial charge >= 0.3 is 0 Å². The van der Waals surface area contributed by atoms with Gasteiger partial charge in [0.15, 0.2) is 5.82 Å². The van der Waals surface area contributed by atoms with Crippen LogP contribution < -0.4 is 0 Å². The number of aromatic nitrogens is 4. The molecule has 0 spiro atoms. The maximum atomic E-state index is 5.41. The van der Waals surface area contributed by atoms with Crippen molar-refractivity contribution < 1.29 is 0 Å². The van der Waals surface area contributed by atoms with Gasteiger partial charge in [-0.25, -0.2) is 15.0 Å². The van der Waals surface area contributed by atoms with Crippen molar-refractivity contribution in [1.29, 1.82) is 0 Å². The van der Waals surface area contributed by atoms with Crippen molar-refractivity contribution in [2.24, 2.45) is 0 Å². The molecule has 13 aromatic rings. The highest BCUT2D eigenvalue weighted by Gasteiger charge is 2.19. The van der Waals surface area contributed by atoms with Gasteiger partial charge in [-0.15, -0.1) is 11.3 Å². The summed E-state index contributed by atoms with van der Waals surface area (Å²) in [7, 11) is 0. The van der Waals surface area contributed by atoms with Gasteiger partial charge in [-0.1, -0.05) is 170 Å². The zero-order valence-corrected chi connectivity index (χ0v) is 35.3. The molecule has 298 valence electrons. The zero-order chi connectivity index (χ0) is 42.1. The standard InChI is InChI=1S/C59H36N4S/c1-2-14-41(15-3-1)59-61-51(36-52(62-59)40-29-32-43(33-30-40)63-53-22-9-6-18-45(53)46-19-7-10-23-54(46)63)39-27-25-37(26-28-39)42-31-34-50-49(35-42)56-48-20-8-11-24-55(48)64-58(56)57(60-50)47-21-12-16-38-13-4-5-17-44(38)47/h1-36H. The molecule has 0 amide bonds. The molecule has 0 aliphatic carbocycles. The Bertz CT molecular complexity index is 3880. The number of fused-ring (bicyclic) bond motifs is 9. The predicted molar refractivity (Wildman–Crippen MR) is 269 cm³/mol. The van der Waals surface area contributed by atoms with Gasteiger partial charge in [0.25, 0.3) is 0 Å². The van der Waals surface area contributed by atoms with Crippen molar-refractivity contribution in [3.63, 3.8) is 0 Å². The second kappa shape index (κ2) is 14.7. The first-order valence-electron chi connectivity index (χ1n) is 21.6. The summed E-state index contributed by atoms with van der Waals surface area (Å²) in [5.41, 5.74) is 13.7. The normalized spacial score (nSPS) is 11.8. The predicted octanol–water partition coefficient (Wildman–Crippen LogP) is 16.0. The minimum atomic E-state index is 0.695. The quantitative estimate of drug-likeness (QED) is 0.168. The monoisotopic (exact) mass is 832 g/mol. The van der Waals surface area contributed by atoms with Crippen molar-refractivity contribution in [3.05, 3.63) is 218 Å². The first-order chi connectivity index (χ1) is 31.7. The summed E-state index contributed by atoms with van der Waals surface area (Å²) in [5.74, 6) is 0.695. The van der Waals surface area contributed by atoms with Crippen LogP contribution >= 0.6 is 11.3 Å². The van der Waals surface area contributed by atoms with Crippen molar-refractivity contribution in [2.75, 3.05) is 0 Å². The summed E-state index contributed by atoms with van der Waals surface area (Å²) < 4.78 is 4.83. The van der Waals surface area contributed by atoms with Crippen LogP contribution in [-0.2, 0) is 0 Å². The summed E-state index contributed by atoms with van der Waals surface area (Å²) in [6.45, 7) is 0. The number of benzene rings is 9. The number of nitrogens with zero attached hydrogens (tertiary/aromatic N) is 4. The molecule has 0 atom stereocenters. The number of rotatable bonds is 6. The van der Waals surface area contributed by atoms with E-state index in [9.17, 15) is 0 Å². The summed E-state index contributed by atoms with van der Waals surface area (Å²) >= 11 is 1.83. The molecule has 0 saturated carbocycles. The third-order valence-electron chi connectivity index (χ3n) is 12.6. The molecule has 0 aliphatic rings. The molecule has 0 N–H and O–H groups in total. The van der Waals surface area contributed by atoms with Crippen molar-refractivity contribution in [2.45, 2.75) is 0 Å². The van der Waals surface area contributed by atoms with E-state index in [1.807, 2.05) is 29.5 Å². The van der Waals surface area contributed by atoms with E-state index in [0.29, 0.717) is 5.82 Å². The molecule has 5 heteroatoms. The van der Waals surface area contributed by atoms with Crippen molar-refractivity contribution >= 4 is 75.0 Å². The third-order valence-corrected chi connectivity index (χ3v) is 13.8. The van der Waals surface area contributed by atoms with Gasteiger partial charge in [0.1, 0.15) is 0 Å². The lowest BCUT2D eigenvalue weighted by molar-refractivity contribution is 1.17. The Labute approximate surface area is 373 Å². The molecule has 4 heterocycles. The molecule has 0 radical (unpaired) electrons. The summed E-state index contributed by atoms with van der Waals surface area (Å²) in [6.07, 6.45) is 0. The lowest BCUT2D eigenvalue weighted by Gasteiger charge is -2.12. The highest BCUT2D eigenvalue weighted by Crippen LogP contribution is 2.45. The summed E-state index contributed by atoms with van der Waals surface area (Å²) in [6, 6.07) is 77.7. The molecule has 0 saturated heterocycles. The summed E-state index contributed by atoms with van der Waals surface area (Å²) in [4.78, 5) is 15.7.